The molecule has 0 radical (unpaired) electrons. The van der Waals surface area contributed by atoms with Gasteiger partial charge in [-0.05, 0) is 35.7 Å². The van der Waals surface area contributed by atoms with E-state index in [1.807, 2.05) is 12.3 Å². The van der Waals surface area contributed by atoms with Gasteiger partial charge >= 0.3 is 0 Å². The molecule has 22 heavy (non-hydrogen) atoms. The number of benzene rings is 1. The molecule has 0 N–H and O–H groups in total. The quantitative estimate of drug-likeness (QED) is 0.511. The second-order valence-corrected chi connectivity index (χ2v) is 5.79. The largest absolute Gasteiger partial charge is 0.454 e. The van der Waals surface area contributed by atoms with Crippen LogP contribution in [0.4, 0.5) is 0 Å². The van der Waals surface area contributed by atoms with Gasteiger partial charge in [0.25, 0.3) is 0 Å². The monoisotopic (exact) mass is 288 g/mol. The third kappa shape index (κ3) is 1.98. The molecule has 0 amide bonds. The molecular weight excluding hydrogens is 272 g/mol. The Bertz CT molecular complexity index is 969. The lowest BCUT2D eigenvalue weighted by Crippen LogP contribution is -1.90. The molecule has 0 saturated carbocycles. The van der Waals surface area contributed by atoms with Crippen molar-refractivity contribution in [2.24, 2.45) is 0 Å². The van der Waals surface area contributed by atoms with E-state index >= 15 is 0 Å². The summed E-state index contributed by atoms with van der Waals surface area (Å²) < 4.78 is 6.04. The molecule has 0 unspecified atom stereocenters. The van der Waals surface area contributed by atoms with Crippen molar-refractivity contribution in [1.82, 2.24) is 9.97 Å². The van der Waals surface area contributed by atoms with Gasteiger partial charge in [-0.2, -0.15) is 0 Å². The number of aromatic nitrogens is 2. The number of nitrogens with zero attached hydrogens (tertiary/aromatic N) is 2. The van der Waals surface area contributed by atoms with Gasteiger partial charge in [-0.3, -0.25) is 9.97 Å². The minimum atomic E-state index is 0.473. The Balaban J connectivity index is 2.01. The van der Waals surface area contributed by atoms with Crippen LogP contribution in [0, 0.1) is 0 Å². The minimum absolute atomic E-state index is 0.473. The van der Waals surface area contributed by atoms with Gasteiger partial charge in [0.05, 0.1) is 11.9 Å². The van der Waals surface area contributed by atoms with Gasteiger partial charge in [-0.25, -0.2) is 0 Å². The molecule has 0 aliphatic carbocycles. The van der Waals surface area contributed by atoms with Crippen LogP contribution < -0.4 is 0 Å². The summed E-state index contributed by atoms with van der Waals surface area (Å²) in [5, 5.41) is 2.19. The summed E-state index contributed by atoms with van der Waals surface area (Å²) in [7, 11) is 0. The van der Waals surface area contributed by atoms with E-state index < -0.39 is 0 Å². The van der Waals surface area contributed by atoms with Crippen LogP contribution >= 0.6 is 0 Å². The fourth-order valence-corrected chi connectivity index (χ4v) is 2.81. The van der Waals surface area contributed by atoms with Gasteiger partial charge in [0.2, 0.25) is 0 Å². The molecule has 0 aliphatic rings. The van der Waals surface area contributed by atoms with Crippen LogP contribution in [0.5, 0.6) is 0 Å². The topological polar surface area (TPSA) is 38.9 Å². The maximum absolute atomic E-state index is 6.04. The van der Waals surface area contributed by atoms with E-state index in [1.54, 1.807) is 12.4 Å². The van der Waals surface area contributed by atoms with Crippen LogP contribution in [0.3, 0.4) is 0 Å². The highest BCUT2D eigenvalue weighted by atomic mass is 16.3. The summed E-state index contributed by atoms with van der Waals surface area (Å²) >= 11 is 0. The third-order valence-corrected chi connectivity index (χ3v) is 4.03. The Morgan fingerprint density at radius 1 is 1.00 bits per heavy atom. The second-order valence-electron chi connectivity index (χ2n) is 5.79. The van der Waals surface area contributed by atoms with E-state index in [0.29, 0.717) is 5.92 Å². The fourth-order valence-electron chi connectivity index (χ4n) is 2.81. The van der Waals surface area contributed by atoms with Gasteiger partial charge in [0.1, 0.15) is 5.58 Å². The van der Waals surface area contributed by atoms with Gasteiger partial charge in [-0.1, -0.05) is 26.0 Å². The normalized spacial score (nSPS) is 11.6. The van der Waals surface area contributed by atoms with Crippen LogP contribution in [0.1, 0.15) is 25.3 Å². The van der Waals surface area contributed by atoms with E-state index in [9.17, 15) is 0 Å². The standard InChI is InChI=1S/C19H16N2O/c1-12(2)13-6-9-21-17(10-13)16-5-3-4-15-14-7-8-20-11-18(14)22-19(15)16/h3-12H,1-2H3. The number of furan rings is 1. The van der Waals surface area contributed by atoms with Crippen molar-refractivity contribution in [2.45, 2.75) is 19.8 Å². The van der Waals surface area contributed by atoms with Crippen molar-refractivity contribution in [3.63, 3.8) is 0 Å². The number of pyridine rings is 2. The number of fused-ring (bicyclic) bond motifs is 3. The highest BCUT2D eigenvalue weighted by Gasteiger charge is 2.13. The molecule has 1 aromatic carbocycles. The molecule has 0 aliphatic heterocycles. The Kier molecular flexibility index (Phi) is 2.93. The molecular formula is C19H16N2O. The first-order valence-electron chi connectivity index (χ1n) is 7.45. The summed E-state index contributed by atoms with van der Waals surface area (Å²) in [6.45, 7) is 4.37. The maximum atomic E-state index is 6.04. The molecule has 3 heteroatoms. The predicted molar refractivity (Wildman–Crippen MR) is 88.8 cm³/mol. The first-order valence-corrected chi connectivity index (χ1v) is 7.45. The molecule has 0 spiro atoms. The summed E-state index contributed by atoms with van der Waals surface area (Å²) in [6.07, 6.45) is 5.42. The zero-order valence-corrected chi connectivity index (χ0v) is 12.6. The lowest BCUT2D eigenvalue weighted by atomic mass is 10.0. The average Bonchev–Trinajstić information content (AvgIpc) is 2.93. The molecule has 0 saturated heterocycles. The molecule has 0 atom stereocenters. The van der Waals surface area contributed by atoms with Crippen LogP contribution in [-0.2, 0) is 0 Å². The van der Waals surface area contributed by atoms with Crippen molar-refractivity contribution < 1.29 is 4.42 Å². The Hall–Kier alpha value is -2.68. The van der Waals surface area contributed by atoms with Crippen LogP contribution in [0.25, 0.3) is 33.2 Å². The van der Waals surface area contributed by atoms with E-state index in [2.05, 4.69) is 54.1 Å². The van der Waals surface area contributed by atoms with Gasteiger partial charge in [-0.15, -0.1) is 0 Å². The highest BCUT2D eigenvalue weighted by Crippen LogP contribution is 2.35. The van der Waals surface area contributed by atoms with Crippen molar-refractivity contribution in [3.05, 3.63) is 60.6 Å². The summed E-state index contributed by atoms with van der Waals surface area (Å²) in [5.74, 6) is 0.473. The molecule has 4 rings (SSSR count). The number of rotatable bonds is 2. The summed E-state index contributed by atoms with van der Waals surface area (Å²) in [6, 6.07) is 12.4. The SMILES string of the molecule is CC(C)c1ccnc(-c2cccc3c2oc2cnccc23)c1. The summed E-state index contributed by atoms with van der Waals surface area (Å²) in [5.41, 5.74) is 4.93. The smallest absolute Gasteiger partial charge is 0.153 e. The zero-order valence-electron chi connectivity index (χ0n) is 12.6. The van der Waals surface area contributed by atoms with Gasteiger partial charge < -0.3 is 4.42 Å². The predicted octanol–water partition coefficient (Wildman–Crippen LogP) is 5.17. The van der Waals surface area contributed by atoms with Crippen LogP contribution in [0.2, 0.25) is 0 Å². The van der Waals surface area contributed by atoms with Crippen molar-refractivity contribution in [1.29, 1.82) is 0 Å². The first kappa shape index (κ1) is 13.0. The molecule has 3 aromatic heterocycles. The molecule has 108 valence electrons. The third-order valence-electron chi connectivity index (χ3n) is 4.03. The number of hydrogen-bond acceptors (Lipinski definition) is 3. The average molecular weight is 288 g/mol. The second kappa shape index (κ2) is 4.95. The maximum Gasteiger partial charge on any atom is 0.153 e. The van der Waals surface area contributed by atoms with E-state index in [-0.39, 0.29) is 0 Å². The zero-order chi connectivity index (χ0) is 15.1. The molecule has 0 bridgehead atoms. The van der Waals surface area contributed by atoms with Gasteiger partial charge in [0, 0.05) is 28.7 Å². The number of para-hydroxylation sites is 1. The van der Waals surface area contributed by atoms with E-state index in [1.165, 1.54) is 5.56 Å². The molecule has 0 fully saturated rings. The fraction of sp³-hybridized carbons (Fsp3) is 0.158. The van der Waals surface area contributed by atoms with Crippen molar-refractivity contribution in [2.75, 3.05) is 0 Å². The first-order chi connectivity index (χ1) is 10.7. The molecule has 4 aromatic rings. The van der Waals surface area contributed by atoms with E-state index in [4.69, 9.17) is 4.42 Å². The summed E-state index contributed by atoms with van der Waals surface area (Å²) in [4.78, 5) is 8.68. The Morgan fingerprint density at radius 3 is 2.77 bits per heavy atom. The highest BCUT2D eigenvalue weighted by molar-refractivity contribution is 6.08. The lowest BCUT2D eigenvalue weighted by molar-refractivity contribution is 0.667. The molecule has 3 heterocycles. The Morgan fingerprint density at radius 2 is 1.91 bits per heavy atom. The minimum Gasteiger partial charge on any atom is -0.454 e. The van der Waals surface area contributed by atoms with Crippen molar-refractivity contribution >= 4 is 21.9 Å². The Labute approximate surface area is 128 Å². The lowest BCUT2D eigenvalue weighted by Gasteiger charge is -2.07. The van der Waals surface area contributed by atoms with Crippen LogP contribution in [-0.4, -0.2) is 9.97 Å². The number of hydrogen-bond donors (Lipinski definition) is 0. The van der Waals surface area contributed by atoms with Crippen molar-refractivity contribution in [3.8, 4) is 11.3 Å². The van der Waals surface area contributed by atoms with Crippen LogP contribution in [0.15, 0.2) is 59.4 Å². The molecule has 3 nitrogen and oxygen atoms in total. The van der Waals surface area contributed by atoms with E-state index in [0.717, 1.165) is 33.2 Å². The van der Waals surface area contributed by atoms with Gasteiger partial charge in [0.15, 0.2) is 5.58 Å².